The molecule has 0 atom stereocenters. The fraction of sp³-hybridized carbons (Fsp3) is 0.188. The van der Waals surface area contributed by atoms with Crippen LogP contribution in [0.3, 0.4) is 0 Å². The van der Waals surface area contributed by atoms with Gasteiger partial charge in [0.05, 0.1) is 6.21 Å². The number of allylic oxidation sites excluding steroid dienone is 1. The molecule has 6 nitrogen and oxygen atoms in total. The number of aromatic nitrogens is 2. The molecule has 1 amide bonds. The van der Waals surface area contributed by atoms with Crippen LogP contribution < -0.4 is 11.0 Å². The van der Waals surface area contributed by atoms with Gasteiger partial charge in [-0.2, -0.15) is 5.10 Å². The number of nitrogens with one attached hydrogen (secondary N) is 3. The number of hydrogen-bond donors (Lipinski definition) is 3. The average Bonchev–Trinajstić information content (AvgIpc) is 2.85. The number of H-pyrrole nitrogens is 2. The minimum Gasteiger partial charge on any atom is -0.302 e. The van der Waals surface area contributed by atoms with Crippen LogP contribution >= 0.6 is 15.9 Å². The van der Waals surface area contributed by atoms with Gasteiger partial charge in [-0.3, -0.25) is 14.7 Å². The number of carbonyl (C=O) groups excluding carboxylic acids is 1. The SMILES string of the molecule is Cc1[nH][nH]c(=O)c1CCC(=O)N/N=C\C(Br)=C\c1ccccc1. The van der Waals surface area contributed by atoms with Gasteiger partial charge >= 0.3 is 0 Å². The molecule has 0 saturated carbocycles. The van der Waals surface area contributed by atoms with Crippen molar-refractivity contribution in [2.75, 3.05) is 0 Å². The topological polar surface area (TPSA) is 90.1 Å². The van der Waals surface area contributed by atoms with E-state index in [-0.39, 0.29) is 17.9 Å². The highest BCUT2D eigenvalue weighted by molar-refractivity contribution is 9.12. The first kappa shape index (κ1) is 17.0. The molecular weight excluding hydrogens is 360 g/mol. The van der Waals surface area contributed by atoms with Crippen LogP contribution in [0.2, 0.25) is 0 Å². The summed E-state index contributed by atoms with van der Waals surface area (Å²) in [5, 5.41) is 9.09. The molecule has 1 heterocycles. The molecule has 0 aliphatic carbocycles. The Morgan fingerprint density at radius 2 is 2.04 bits per heavy atom. The third-order valence-corrected chi connectivity index (χ3v) is 3.61. The molecule has 0 spiro atoms. The number of nitrogens with zero attached hydrogens (tertiary/aromatic N) is 1. The number of carbonyl (C=O) groups is 1. The largest absolute Gasteiger partial charge is 0.302 e. The maximum absolute atomic E-state index is 11.7. The number of amides is 1. The Morgan fingerprint density at radius 1 is 1.30 bits per heavy atom. The van der Waals surface area contributed by atoms with Crippen LogP contribution in [0.15, 0.2) is 44.7 Å². The normalized spacial score (nSPS) is 11.8. The third-order valence-electron chi connectivity index (χ3n) is 3.17. The molecule has 1 aromatic carbocycles. The van der Waals surface area contributed by atoms with Crippen LogP contribution in [0, 0.1) is 6.92 Å². The van der Waals surface area contributed by atoms with Crippen LogP contribution in [0.4, 0.5) is 0 Å². The Hall–Kier alpha value is -2.41. The summed E-state index contributed by atoms with van der Waals surface area (Å²) >= 11 is 3.37. The van der Waals surface area contributed by atoms with Crippen molar-refractivity contribution in [1.29, 1.82) is 0 Å². The summed E-state index contributed by atoms with van der Waals surface area (Å²) in [7, 11) is 0. The minimum absolute atomic E-state index is 0.188. The Balaban J connectivity index is 1.82. The van der Waals surface area contributed by atoms with Crippen molar-refractivity contribution >= 4 is 34.1 Å². The second-order valence-corrected chi connectivity index (χ2v) is 5.83. The molecule has 2 rings (SSSR count). The molecule has 120 valence electrons. The van der Waals surface area contributed by atoms with Gasteiger partial charge in [-0.15, -0.1) is 0 Å². The van der Waals surface area contributed by atoms with E-state index >= 15 is 0 Å². The van der Waals surface area contributed by atoms with Crippen molar-refractivity contribution in [2.24, 2.45) is 5.10 Å². The zero-order valence-corrected chi connectivity index (χ0v) is 14.2. The Bertz CT molecular complexity index is 775. The lowest BCUT2D eigenvalue weighted by atomic mass is 10.1. The maximum atomic E-state index is 11.7. The van der Waals surface area contributed by atoms with E-state index in [1.165, 1.54) is 6.21 Å². The van der Waals surface area contributed by atoms with E-state index < -0.39 is 0 Å². The number of aryl methyl sites for hydroxylation is 1. The van der Waals surface area contributed by atoms with Gasteiger partial charge in [0.1, 0.15) is 0 Å². The van der Waals surface area contributed by atoms with Crippen molar-refractivity contribution in [2.45, 2.75) is 19.8 Å². The van der Waals surface area contributed by atoms with E-state index in [9.17, 15) is 9.59 Å². The monoisotopic (exact) mass is 376 g/mol. The molecule has 0 radical (unpaired) electrons. The van der Waals surface area contributed by atoms with Gasteiger partial charge in [-0.25, -0.2) is 5.43 Å². The molecule has 23 heavy (non-hydrogen) atoms. The predicted octanol–water partition coefficient (Wildman–Crippen LogP) is 2.48. The first-order valence-electron chi connectivity index (χ1n) is 7.06. The number of aromatic amines is 2. The van der Waals surface area contributed by atoms with Gasteiger partial charge in [-0.1, -0.05) is 30.3 Å². The first-order chi connectivity index (χ1) is 11.1. The molecule has 0 unspecified atom stereocenters. The van der Waals surface area contributed by atoms with E-state index in [0.29, 0.717) is 12.0 Å². The van der Waals surface area contributed by atoms with Crippen LogP contribution in [-0.4, -0.2) is 22.3 Å². The molecule has 2 aromatic rings. The minimum atomic E-state index is -0.249. The van der Waals surface area contributed by atoms with Gasteiger partial charge in [0, 0.05) is 22.2 Å². The zero-order chi connectivity index (χ0) is 16.7. The summed E-state index contributed by atoms with van der Waals surface area (Å²) in [5.41, 5.74) is 4.62. The van der Waals surface area contributed by atoms with E-state index in [0.717, 1.165) is 15.7 Å². The van der Waals surface area contributed by atoms with Crippen LogP contribution in [0.1, 0.15) is 23.2 Å². The zero-order valence-electron chi connectivity index (χ0n) is 12.6. The molecule has 0 fully saturated rings. The van der Waals surface area contributed by atoms with Gasteiger partial charge in [-0.05, 0) is 40.9 Å². The molecule has 7 heteroatoms. The second kappa shape index (κ2) is 8.28. The van der Waals surface area contributed by atoms with Gasteiger partial charge in [0.15, 0.2) is 0 Å². The van der Waals surface area contributed by atoms with Crippen LogP contribution in [0.25, 0.3) is 6.08 Å². The predicted molar refractivity (Wildman–Crippen MR) is 94.5 cm³/mol. The van der Waals surface area contributed by atoms with Crippen molar-refractivity contribution in [3.05, 3.63) is 62.0 Å². The highest BCUT2D eigenvalue weighted by Gasteiger charge is 2.08. The van der Waals surface area contributed by atoms with Crippen LogP contribution in [-0.2, 0) is 11.2 Å². The summed E-state index contributed by atoms with van der Waals surface area (Å²) in [5.74, 6) is -0.249. The van der Waals surface area contributed by atoms with E-state index in [1.54, 1.807) is 6.92 Å². The number of hydrogen-bond acceptors (Lipinski definition) is 3. The van der Waals surface area contributed by atoms with E-state index in [2.05, 4.69) is 36.7 Å². The lowest BCUT2D eigenvalue weighted by molar-refractivity contribution is -0.121. The highest BCUT2D eigenvalue weighted by Crippen LogP contribution is 2.09. The number of rotatable bonds is 6. The number of hydrazone groups is 1. The summed E-state index contributed by atoms with van der Waals surface area (Å²) < 4.78 is 0.738. The third kappa shape index (κ3) is 5.37. The first-order valence-corrected chi connectivity index (χ1v) is 7.86. The second-order valence-electron chi connectivity index (χ2n) is 4.92. The molecule has 0 saturated heterocycles. The van der Waals surface area contributed by atoms with Gasteiger partial charge in [0.2, 0.25) is 5.91 Å². The lowest BCUT2D eigenvalue weighted by Crippen LogP contribution is -2.19. The molecule has 0 aliphatic rings. The lowest BCUT2D eigenvalue weighted by Gasteiger charge is -1.99. The number of halogens is 1. The van der Waals surface area contributed by atoms with Crippen molar-refractivity contribution < 1.29 is 4.79 Å². The van der Waals surface area contributed by atoms with Crippen molar-refractivity contribution in [3.8, 4) is 0 Å². The highest BCUT2D eigenvalue weighted by atomic mass is 79.9. The molecule has 1 aromatic heterocycles. The Labute approximate surface area is 141 Å². The Kier molecular flexibility index (Phi) is 6.10. The van der Waals surface area contributed by atoms with Crippen molar-refractivity contribution in [1.82, 2.24) is 15.6 Å². The summed E-state index contributed by atoms with van der Waals surface area (Å²) in [4.78, 5) is 23.2. The van der Waals surface area contributed by atoms with Crippen LogP contribution in [0.5, 0.6) is 0 Å². The van der Waals surface area contributed by atoms with Gasteiger partial charge < -0.3 is 5.10 Å². The molecule has 0 bridgehead atoms. The summed E-state index contributed by atoms with van der Waals surface area (Å²) in [6.07, 6.45) is 3.96. The van der Waals surface area contributed by atoms with E-state index in [4.69, 9.17) is 0 Å². The average molecular weight is 377 g/mol. The van der Waals surface area contributed by atoms with E-state index in [1.807, 2.05) is 36.4 Å². The maximum Gasteiger partial charge on any atom is 0.267 e. The van der Waals surface area contributed by atoms with Gasteiger partial charge in [0.25, 0.3) is 5.56 Å². The smallest absolute Gasteiger partial charge is 0.267 e. The molecular formula is C16H17BrN4O2. The quantitative estimate of drug-likeness (QED) is 0.533. The van der Waals surface area contributed by atoms with Crippen molar-refractivity contribution in [3.63, 3.8) is 0 Å². The molecule has 0 aliphatic heterocycles. The summed E-state index contributed by atoms with van der Waals surface area (Å²) in [6, 6.07) is 9.75. The standard InChI is InChI=1S/C16H17BrN4O2/c1-11-14(16(23)21-19-11)7-8-15(22)20-18-10-13(17)9-12-5-3-2-4-6-12/h2-6,9-10H,7-8H2,1H3,(H,20,22)(H2,19,21,23)/b13-9-,18-10-. The summed E-state index contributed by atoms with van der Waals surface area (Å²) in [6.45, 7) is 1.79. The molecule has 3 N–H and O–H groups in total. The fourth-order valence-electron chi connectivity index (χ4n) is 1.98. The number of benzene rings is 1. The Morgan fingerprint density at radius 3 is 2.70 bits per heavy atom. The fourth-order valence-corrected chi connectivity index (χ4v) is 2.35.